The van der Waals surface area contributed by atoms with Gasteiger partial charge < -0.3 is 4.98 Å². The monoisotopic (exact) mass is 399 g/mol. The van der Waals surface area contributed by atoms with Gasteiger partial charge in [0, 0.05) is 26.5 Å². The summed E-state index contributed by atoms with van der Waals surface area (Å²) < 4.78 is 0. The summed E-state index contributed by atoms with van der Waals surface area (Å²) in [6, 6.07) is 37.9. The molecule has 0 aliphatic carbocycles. The second-order valence-electron chi connectivity index (χ2n) is 7.94. The van der Waals surface area contributed by atoms with Crippen LogP contribution in [0, 0.1) is 0 Å². The van der Waals surface area contributed by atoms with Crippen LogP contribution in [0.2, 0.25) is 0 Å². The van der Waals surface area contributed by atoms with Gasteiger partial charge in [-0.2, -0.15) is 0 Å². The van der Waals surface area contributed by atoms with Crippen LogP contribution in [0.25, 0.3) is 58.9 Å². The van der Waals surface area contributed by atoms with E-state index in [0.29, 0.717) is 0 Å². The lowest BCUT2D eigenvalue weighted by atomic mass is 10.1. The molecule has 0 spiro atoms. The summed E-state index contributed by atoms with van der Waals surface area (Å²) in [5.41, 5.74) is 2.51. The maximum absolute atomic E-state index is 3.77. The summed E-state index contributed by atoms with van der Waals surface area (Å²) in [4.78, 5) is 3.77. The van der Waals surface area contributed by atoms with Crippen LogP contribution in [0.5, 0.6) is 0 Å². The molecule has 0 saturated heterocycles. The van der Waals surface area contributed by atoms with E-state index < -0.39 is 7.53 Å². The average molecular weight is 399 g/mol. The molecule has 0 saturated carbocycles. The van der Waals surface area contributed by atoms with Gasteiger partial charge in [-0.3, -0.25) is 0 Å². The zero-order valence-corrected chi connectivity index (χ0v) is 17.2. The second kappa shape index (κ2) is 5.98. The van der Waals surface area contributed by atoms with E-state index >= 15 is 0 Å². The van der Waals surface area contributed by atoms with Gasteiger partial charge in [-0.1, -0.05) is 92.5 Å². The van der Waals surface area contributed by atoms with Gasteiger partial charge in [-0.05, 0) is 45.0 Å². The summed E-state index contributed by atoms with van der Waals surface area (Å²) in [7, 11) is -0.613. The van der Waals surface area contributed by atoms with Crippen LogP contribution in [0.15, 0.2) is 103 Å². The van der Waals surface area contributed by atoms with E-state index in [9.17, 15) is 0 Å². The molecule has 2 aromatic heterocycles. The van der Waals surface area contributed by atoms with Crippen LogP contribution in [0.1, 0.15) is 0 Å². The largest absolute Gasteiger partial charge is 0.354 e. The second-order valence-corrected chi connectivity index (χ2v) is 10.1. The van der Waals surface area contributed by atoms with Crippen LogP contribution in [-0.4, -0.2) is 4.98 Å². The smallest absolute Gasteiger partial charge is 0.0588 e. The van der Waals surface area contributed by atoms with E-state index in [1.807, 2.05) is 0 Å². The molecule has 140 valence electrons. The highest BCUT2D eigenvalue weighted by Crippen LogP contribution is 2.57. The van der Waals surface area contributed by atoms with Crippen LogP contribution >= 0.6 is 7.53 Å². The normalized spacial score (nSPS) is 12.6. The van der Waals surface area contributed by atoms with Crippen molar-refractivity contribution in [2.24, 2.45) is 0 Å². The highest BCUT2D eigenvalue weighted by Gasteiger charge is 2.18. The third-order valence-corrected chi connectivity index (χ3v) is 8.87. The molecular weight excluding hydrogens is 381 g/mol. The van der Waals surface area contributed by atoms with Crippen molar-refractivity contribution in [1.29, 1.82) is 0 Å². The number of para-hydroxylation sites is 1. The van der Waals surface area contributed by atoms with Crippen molar-refractivity contribution in [2.45, 2.75) is 0 Å². The number of nitrogens with one attached hydrogen (secondary N) is 1. The van der Waals surface area contributed by atoms with E-state index in [2.05, 4.69) is 108 Å². The zero-order valence-electron chi connectivity index (χ0n) is 16.3. The summed E-state index contributed by atoms with van der Waals surface area (Å²) in [5.74, 6) is 0. The Morgan fingerprint density at radius 2 is 1.23 bits per heavy atom. The van der Waals surface area contributed by atoms with Gasteiger partial charge in [0.25, 0.3) is 0 Å². The number of rotatable bonds is 1. The quantitative estimate of drug-likeness (QED) is 0.284. The first-order chi connectivity index (χ1) is 14.9. The van der Waals surface area contributed by atoms with Gasteiger partial charge in [0.2, 0.25) is 0 Å². The summed E-state index contributed by atoms with van der Waals surface area (Å²) in [5, 5.41) is 12.4. The van der Waals surface area contributed by atoms with Gasteiger partial charge in [0.05, 0.1) is 5.52 Å². The minimum atomic E-state index is -0.613. The predicted molar refractivity (Wildman–Crippen MR) is 132 cm³/mol. The van der Waals surface area contributed by atoms with Gasteiger partial charge in [0.1, 0.15) is 0 Å². The molecule has 2 heteroatoms. The molecule has 5 aromatic carbocycles. The zero-order chi connectivity index (χ0) is 19.7. The van der Waals surface area contributed by atoms with E-state index in [-0.39, 0.29) is 0 Å². The lowest BCUT2D eigenvalue weighted by Gasteiger charge is -2.05. The highest BCUT2D eigenvalue weighted by molar-refractivity contribution is 7.68. The van der Waals surface area contributed by atoms with Crippen molar-refractivity contribution in [3.8, 4) is 5.30 Å². The fraction of sp³-hybridized carbons (Fsp3) is 0. The van der Waals surface area contributed by atoms with Crippen molar-refractivity contribution in [2.75, 3.05) is 0 Å². The molecule has 0 aliphatic heterocycles. The van der Waals surface area contributed by atoms with E-state index in [1.165, 1.54) is 58.9 Å². The van der Waals surface area contributed by atoms with E-state index in [1.54, 1.807) is 0 Å². The minimum Gasteiger partial charge on any atom is -0.354 e. The third kappa shape index (κ3) is 2.13. The van der Waals surface area contributed by atoms with Gasteiger partial charge in [0.15, 0.2) is 0 Å². The molecule has 7 aromatic rings. The molecular formula is C28H18NP. The Balaban J connectivity index is 1.78. The van der Waals surface area contributed by atoms with Crippen molar-refractivity contribution in [1.82, 2.24) is 4.98 Å². The lowest BCUT2D eigenvalue weighted by molar-refractivity contribution is 1.57. The van der Waals surface area contributed by atoms with Crippen LogP contribution < -0.4 is 0 Å². The van der Waals surface area contributed by atoms with Crippen LogP contribution in [0.3, 0.4) is 0 Å². The fourth-order valence-corrected chi connectivity index (χ4v) is 7.73. The third-order valence-electron chi connectivity index (χ3n) is 6.29. The lowest BCUT2D eigenvalue weighted by Crippen LogP contribution is -1.72. The molecule has 0 fully saturated rings. The molecule has 7 rings (SSSR count). The van der Waals surface area contributed by atoms with E-state index in [4.69, 9.17) is 0 Å². The van der Waals surface area contributed by atoms with Crippen LogP contribution in [-0.2, 0) is 0 Å². The number of hydrogen-bond acceptors (Lipinski definition) is 0. The standard InChI is InChI=1S/C28H18NP/c1-2-10-20(11-3-1)30-26-17-19-9-5-4-8-18(19)16-24(26)23-15-14-22-21-12-6-7-13-25(21)29-27(22)28(23)30/h1-17,29H. The Morgan fingerprint density at radius 1 is 0.533 bits per heavy atom. The SMILES string of the molecule is c1ccc(-p2c3cc4ccccc4cc3c3ccc4c5ccccc5[nH]c4c32)cc1. The van der Waals surface area contributed by atoms with Crippen molar-refractivity contribution < 1.29 is 0 Å². The van der Waals surface area contributed by atoms with Crippen molar-refractivity contribution in [3.63, 3.8) is 0 Å². The molecule has 0 amide bonds. The number of aromatic nitrogens is 1. The Bertz CT molecular complexity index is 1730. The molecule has 0 aliphatic rings. The number of hydrogen-bond donors (Lipinski definition) is 1. The number of aromatic amines is 1. The van der Waals surface area contributed by atoms with Gasteiger partial charge >= 0.3 is 0 Å². The first kappa shape index (κ1) is 16.3. The van der Waals surface area contributed by atoms with Gasteiger partial charge in [-0.25, -0.2) is 0 Å². The number of H-pyrrole nitrogens is 1. The predicted octanol–water partition coefficient (Wildman–Crippen LogP) is 8.76. The Labute approximate surface area is 174 Å². The Kier molecular flexibility index (Phi) is 3.25. The molecule has 2 heterocycles. The first-order valence-corrected chi connectivity index (χ1v) is 11.6. The topological polar surface area (TPSA) is 15.8 Å². The molecule has 1 nitrogen and oxygen atoms in total. The Morgan fingerprint density at radius 3 is 2.10 bits per heavy atom. The van der Waals surface area contributed by atoms with Crippen LogP contribution in [0.4, 0.5) is 0 Å². The first-order valence-electron chi connectivity index (χ1n) is 10.3. The number of fused-ring (bicyclic) bond motifs is 8. The molecule has 0 radical (unpaired) electrons. The van der Waals surface area contributed by atoms with Gasteiger partial charge in [-0.15, -0.1) is 0 Å². The minimum absolute atomic E-state index is 0.613. The number of benzene rings is 5. The molecule has 0 bridgehead atoms. The average Bonchev–Trinajstić information content (AvgIpc) is 3.33. The molecule has 1 unspecified atom stereocenters. The molecule has 1 N–H and O–H groups in total. The van der Waals surface area contributed by atoms with Crippen molar-refractivity contribution in [3.05, 3.63) is 103 Å². The summed E-state index contributed by atoms with van der Waals surface area (Å²) in [6.45, 7) is 0. The molecule has 1 atom stereocenters. The molecule has 30 heavy (non-hydrogen) atoms. The van der Waals surface area contributed by atoms with E-state index in [0.717, 1.165) is 0 Å². The maximum atomic E-state index is 3.77. The highest BCUT2D eigenvalue weighted by atomic mass is 31.1. The summed E-state index contributed by atoms with van der Waals surface area (Å²) >= 11 is 0. The Hall–Kier alpha value is -3.54. The van der Waals surface area contributed by atoms with Crippen molar-refractivity contribution >= 4 is 61.1 Å². The fourth-order valence-electron chi connectivity index (χ4n) is 4.95. The maximum Gasteiger partial charge on any atom is 0.0588 e. The summed E-state index contributed by atoms with van der Waals surface area (Å²) in [6.07, 6.45) is 0.